The normalized spacial score (nSPS) is 10.6. The van der Waals surface area contributed by atoms with Gasteiger partial charge in [-0.05, 0) is 43.6 Å². The molecule has 0 saturated heterocycles. The standard InChI is InChI=1S/C25H40N4O7/c1-5-21(30)26-12-9-15-34-18-25(29-24(33)8-4,19-35-16-10-13-27-22(31)6-2)20-36-17-11-14-28-23(32)7-3/h5-8H,1-4,9-20H2,(H,26,30)(H,27,31)(H,28,32)(H,29,33). The van der Waals surface area contributed by atoms with Crippen molar-refractivity contribution in [2.75, 3.05) is 59.3 Å². The first kappa shape index (κ1) is 32.7. The molecule has 0 saturated carbocycles. The molecule has 0 aromatic heterocycles. The highest BCUT2D eigenvalue weighted by Crippen LogP contribution is 2.10. The maximum atomic E-state index is 12.2. The third kappa shape index (κ3) is 17.2. The zero-order valence-corrected chi connectivity index (χ0v) is 21.0. The lowest BCUT2D eigenvalue weighted by molar-refractivity contribution is -0.123. The van der Waals surface area contributed by atoms with Crippen LogP contribution < -0.4 is 21.3 Å². The summed E-state index contributed by atoms with van der Waals surface area (Å²) in [6, 6.07) is 0. The zero-order valence-electron chi connectivity index (χ0n) is 21.0. The van der Waals surface area contributed by atoms with Crippen LogP contribution in [0.2, 0.25) is 0 Å². The summed E-state index contributed by atoms with van der Waals surface area (Å²) in [6.45, 7) is 16.2. The summed E-state index contributed by atoms with van der Waals surface area (Å²) >= 11 is 0. The van der Waals surface area contributed by atoms with E-state index in [9.17, 15) is 19.2 Å². The number of ether oxygens (including phenoxy) is 3. The van der Waals surface area contributed by atoms with Gasteiger partial charge < -0.3 is 35.5 Å². The second-order valence-corrected chi connectivity index (χ2v) is 7.68. The number of amides is 4. The third-order valence-corrected chi connectivity index (χ3v) is 4.56. The predicted molar refractivity (Wildman–Crippen MR) is 137 cm³/mol. The molecule has 0 aliphatic heterocycles. The summed E-state index contributed by atoms with van der Waals surface area (Å²) in [5, 5.41) is 10.8. The molecule has 0 rings (SSSR count). The molecule has 0 radical (unpaired) electrons. The van der Waals surface area contributed by atoms with Crippen LogP contribution in [0.4, 0.5) is 0 Å². The van der Waals surface area contributed by atoms with Crippen molar-refractivity contribution in [2.24, 2.45) is 0 Å². The highest BCUT2D eigenvalue weighted by molar-refractivity contribution is 5.88. The van der Waals surface area contributed by atoms with Gasteiger partial charge in [0.05, 0.1) is 19.8 Å². The number of nitrogens with one attached hydrogen (secondary N) is 4. The fraction of sp³-hybridized carbons (Fsp3) is 0.520. The number of rotatable bonds is 23. The molecule has 11 nitrogen and oxygen atoms in total. The molecule has 4 amide bonds. The van der Waals surface area contributed by atoms with Crippen LogP contribution in [0.25, 0.3) is 0 Å². The molecule has 0 bridgehead atoms. The summed E-state index contributed by atoms with van der Waals surface area (Å²) in [5.74, 6) is -1.21. The average molecular weight is 509 g/mol. The van der Waals surface area contributed by atoms with Crippen LogP contribution in [0, 0.1) is 0 Å². The first-order valence-corrected chi connectivity index (χ1v) is 11.7. The third-order valence-electron chi connectivity index (χ3n) is 4.56. The lowest BCUT2D eigenvalue weighted by atomic mass is 10.0. The molecular formula is C25H40N4O7. The monoisotopic (exact) mass is 508 g/mol. The van der Waals surface area contributed by atoms with Crippen LogP contribution in [0.5, 0.6) is 0 Å². The van der Waals surface area contributed by atoms with E-state index in [-0.39, 0.29) is 37.5 Å². The van der Waals surface area contributed by atoms with Crippen molar-refractivity contribution in [2.45, 2.75) is 24.8 Å². The van der Waals surface area contributed by atoms with E-state index in [1.165, 1.54) is 18.2 Å². The Kier molecular flexibility index (Phi) is 19.1. The molecule has 4 N–H and O–H groups in total. The van der Waals surface area contributed by atoms with E-state index < -0.39 is 11.4 Å². The van der Waals surface area contributed by atoms with Crippen LogP contribution in [-0.4, -0.2) is 88.4 Å². The van der Waals surface area contributed by atoms with Crippen LogP contribution in [0.3, 0.4) is 0 Å². The minimum atomic E-state index is -1.01. The lowest BCUT2D eigenvalue weighted by Gasteiger charge is -2.34. The van der Waals surface area contributed by atoms with Crippen LogP contribution >= 0.6 is 0 Å². The fourth-order valence-electron chi connectivity index (χ4n) is 2.72. The Hall–Kier alpha value is -3.28. The van der Waals surface area contributed by atoms with E-state index in [1.54, 1.807) is 0 Å². The van der Waals surface area contributed by atoms with Gasteiger partial charge in [0.2, 0.25) is 23.6 Å². The Balaban J connectivity index is 4.93. The maximum absolute atomic E-state index is 12.2. The molecule has 0 aliphatic rings. The lowest BCUT2D eigenvalue weighted by Crippen LogP contribution is -2.58. The molecule has 0 spiro atoms. The van der Waals surface area contributed by atoms with Gasteiger partial charge in [-0.3, -0.25) is 19.2 Å². The first-order chi connectivity index (χ1) is 17.3. The molecule has 0 aromatic carbocycles. The van der Waals surface area contributed by atoms with E-state index in [4.69, 9.17) is 14.2 Å². The number of hydrogen-bond acceptors (Lipinski definition) is 7. The van der Waals surface area contributed by atoms with Crippen molar-refractivity contribution in [3.63, 3.8) is 0 Å². The summed E-state index contributed by atoms with van der Waals surface area (Å²) in [4.78, 5) is 45.9. The maximum Gasteiger partial charge on any atom is 0.244 e. The smallest absolute Gasteiger partial charge is 0.244 e. The van der Waals surface area contributed by atoms with Crippen LogP contribution in [0.1, 0.15) is 19.3 Å². The highest BCUT2D eigenvalue weighted by Gasteiger charge is 2.33. The molecule has 0 fully saturated rings. The van der Waals surface area contributed by atoms with E-state index in [1.807, 2.05) is 0 Å². The van der Waals surface area contributed by atoms with Gasteiger partial charge in [-0.2, -0.15) is 0 Å². The largest absolute Gasteiger partial charge is 0.379 e. The minimum absolute atomic E-state index is 0.0857. The first-order valence-electron chi connectivity index (χ1n) is 11.7. The number of hydrogen-bond donors (Lipinski definition) is 4. The molecule has 0 atom stereocenters. The molecule has 202 valence electrons. The Morgan fingerprint density at radius 2 is 0.861 bits per heavy atom. The van der Waals surface area contributed by atoms with Gasteiger partial charge in [0.1, 0.15) is 5.54 Å². The van der Waals surface area contributed by atoms with Gasteiger partial charge in [-0.25, -0.2) is 0 Å². The summed E-state index contributed by atoms with van der Waals surface area (Å²) in [5.41, 5.74) is -1.01. The Labute approximate surface area is 213 Å². The van der Waals surface area contributed by atoms with Gasteiger partial charge in [0.15, 0.2) is 0 Å². The molecular weight excluding hydrogens is 468 g/mol. The minimum Gasteiger partial charge on any atom is -0.379 e. The molecule has 0 heterocycles. The van der Waals surface area contributed by atoms with Crippen LogP contribution in [0.15, 0.2) is 50.6 Å². The van der Waals surface area contributed by atoms with Gasteiger partial charge in [0.25, 0.3) is 0 Å². The van der Waals surface area contributed by atoms with Crippen molar-refractivity contribution in [1.29, 1.82) is 0 Å². The predicted octanol–water partition coefficient (Wildman–Crippen LogP) is 0.154. The Morgan fingerprint density at radius 1 is 0.556 bits per heavy atom. The van der Waals surface area contributed by atoms with Gasteiger partial charge in [-0.15, -0.1) is 0 Å². The highest BCUT2D eigenvalue weighted by atomic mass is 16.5. The van der Waals surface area contributed by atoms with Crippen molar-refractivity contribution in [1.82, 2.24) is 21.3 Å². The molecule has 0 aliphatic carbocycles. The summed E-state index contributed by atoms with van der Waals surface area (Å²) in [7, 11) is 0. The van der Waals surface area contributed by atoms with Gasteiger partial charge in [0, 0.05) is 39.5 Å². The van der Waals surface area contributed by atoms with Crippen molar-refractivity contribution < 1.29 is 33.4 Å². The molecule has 11 heteroatoms. The molecule has 0 aromatic rings. The SMILES string of the molecule is C=CC(=O)NCCCOCC(COCCCNC(=O)C=C)(COCCCNC(=O)C=C)NC(=O)C=C. The van der Waals surface area contributed by atoms with Gasteiger partial charge >= 0.3 is 0 Å². The Bertz CT molecular complexity index is 661. The summed E-state index contributed by atoms with van der Waals surface area (Å²) in [6.07, 6.45) is 6.39. The fourth-order valence-corrected chi connectivity index (χ4v) is 2.72. The van der Waals surface area contributed by atoms with E-state index >= 15 is 0 Å². The van der Waals surface area contributed by atoms with E-state index in [2.05, 4.69) is 47.6 Å². The van der Waals surface area contributed by atoms with Crippen LogP contribution in [-0.2, 0) is 33.4 Å². The van der Waals surface area contributed by atoms with Gasteiger partial charge in [-0.1, -0.05) is 26.3 Å². The van der Waals surface area contributed by atoms with Crippen molar-refractivity contribution in [3.8, 4) is 0 Å². The quantitative estimate of drug-likeness (QED) is 0.114. The number of carbonyl (C=O) groups excluding carboxylic acids is 4. The second-order valence-electron chi connectivity index (χ2n) is 7.68. The van der Waals surface area contributed by atoms with Crippen molar-refractivity contribution >= 4 is 23.6 Å². The van der Waals surface area contributed by atoms with E-state index in [0.29, 0.717) is 58.7 Å². The molecule has 36 heavy (non-hydrogen) atoms. The average Bonchev–Trinajstić information content (AvgIpc) is 2.89. The molecule has 0 unspecified atom stereocenters. The Morgan fingerprint density at radius 3 is 1.14 bits per heavy atom. The topological polar surface area (TPSA) is 144 Å². The second kappa shape index (κ2) is 21.0. The van der Waals surface area contributed by atoms with Crippen molar-refractivity contribution in [3.05, 3.63) is 50.6 Å². The number of carbonyl (C=O) groups is 4. The van der Waals surface area contributed by atoms with E-state index in [0.717, 1.165) is 6.08 Å². The summed E-state index contributed by atoms with van der Waals surface area (Å²) < 4.78 is 17.4. The zero-order chi connectivity index (χ0) is 27.1.